The Kier molecular flexibility index (Phi) is 3.48. The van der Waals surface area contributed by atoms with Gasteiger partial charge in [0, 0.05) is 11.8 Å². The molecule has 0 aliphatic heterocycles. The van der Waals surface area contributed by atoms with Crippen molar-refractivity contribution >= 4 is 17.6 Å². The molecule has 2 rings (SSSR count). The number of nitrogens with zero attached hydrogens (tertiary/aromatic N) is 1. The molecule has 0 bridgehead atoms. The predicted molar refractivity (Wildman–Crippen MR) is 68.2 cm³/mol. The van der Waals surface area contributed by atoms with Gasteiger partial charge in [-0.25, -0.2) is 4.79 Å². The third-order valence-corrected chi connectivity index (χ3v) is 2.79. The first kappa shape index (κ1) is 12.4. The number of benzene rings is 1. The van der Waals surface area contributed by atoms with E-state index in [0.29, 0.717) is 22.0 Å². The van der Waals surface area contributed by atoms with Crippen LogP contribution in [0.1, 0.15) is 10.4 Å². The van der Waals surface area contributed by atoms with Crippen molar-refractivity contribution in [2.24, 2.45) is 0 Å². The molecular formula is C13H10ClNO3. The Labute approximate surface area is 109 Å². The van der Waals surface area contributed by atoms with E-state index in [1.54, 1.807) is 18.3 Å². The van der Waals surface area contributed by atoms with Crippen molar-refractivity contribution in [3.8, 4) is 17.0 Å². The van der Waals surface area contributed by atoms with Crippen LogP contribution in [-0.4, -0.2) is 23.2 Å². The summed E-state index contributed by atoms with van der Waals surface area (Å²) in [7, 11) is 1.52. The van der Waals surface area contributed by atoms with Crippen molar-refractivity contribution in [1.29, 1.82) is 0 Å². The molecule has 5 heteroatoms. The van der Waals surface area contributed by atoms with E-state index in [9.17, 15) is 4.79 Å². The van der Waals surface area contributed by atoms with Gasteiger partial charge in [0.2, 0.25) is 0 Å². The number of carboxylic acids is 1. The summed E-state index contributed by atoms with van der Waals surface area (Å²) in [5.74, 6) is -0.468. The fourth-order valence-corrected chi connectivity index (χ4v) is 1.80. The average molecular weight is 264 g/mol. The molecule has 0 saturated carbocycles. The molecule has 0 saturated heterocycles. The van der Waals surface area contributed by atoms with Crippen molar-refractivity contribution < 1.29 is 14.6 Å². The largest absolute Gasteiger partial charge is 0.494 e. The molecule has 1 aromatic carbocycles. The molecule has 0 amide bonds. The number of rotatable bonds is 3. The standard InChI is InChI=1S/C13H10ClNO3/c1-18-11-3-2-6-15-12(11)9-7-8(13(16)17)4-5-10(9)14/h2-7H,1H3,(H,16,17). The summed E-state index contributed by atoms with van der Waals surface area (Å²) in [4.78, 5) is 15.1. The number of aromatic nitrogens is 1. The molecule has 18 heavy (non-hydrogen) atoms. The van der Waals surface area contributed by atoms with Crippen LogP contribution in [0, 0.1) is 0 Å². The smallest absolute Gasteiger partial charge is 0.335 e. The van der Waals surface area contributed by atoms with Crippen molar-refractivity contribution in [3.63, 3.8) is 0 Å². The van der Waals surface area contributed by atoms with Gasteiger partial charge in [-0.2, -0.15) is 0 Å². The highest BCUT2D eigenvalue weighted by Crippen LogP contribution is 2.33. The SMILES string of the molecule is COc1cccnc1-c1cc(C(=O)O)ccc1Cl. The van der Waals surface area contributed by atoms with Crippen molar-refractivity contribution in [3.05, 3.63) is 47.1 Å². The quantitative estimate of drug-likeness (QED) is 0.924. The number of hydrogen-bond donors (Lipinski definition) is 1. The lowest BCUT2D eigenvalue weighted by molar-refractivity contribution is 0.0697. The number of halogens is 1. The van der Waals surface area contributed by atoms with Crippen LogP contribution in [0.5, 0.6) is 5.75 Å². The molecule has 0 spiro atoms. The molecule has 0 aliphatic carbocycles. The van der Waals surface area contributed by atoms with Gasteiger partial charge in [0.05, 0.1) is 17.7 Å². The summed E-state index contributed by atoms with van der Waals surface area (Å²) in [6, 6.07) is 7.94. The Hall–Kier alpha value is -2.07. The molecule has 4 nitrogen and oxygen atoms in total. The Balaban J connectivity index is 2.62. The van der Waals surface area contributed by atoms with Crippen molar-refractivity contribution in [1.82, 2.24) is 4.98 Å². The minimum absolute atomic E-state index is 0.155. The number of pyridine rings is 1. The lowest BCUT2D eigenvalue weighted by Crippen LogP contribution is -1.98. The molecule has 0 atom stereocenters. The molecule has 0 unspecified atom stereocenters. The van der Waals surface area contributed by atoms with Crippen LogP contribution >= 0.6 is 11.6 Å². The van der Waals surface area contributed by atoms with Gasteiger partial charge in [-0.15, -0.1) is 0 Å². The topological polar surface area (TPSA) is 59.4 Å². The summed E-state index contributed by atoms with van der Waals surface area (Å²) in [5.41, 5.74) is 1.21. The fraction of sp³-hybridized carbons (Fsp3) is 0.0769. The first-order valence-electron chi connectivity index (χ1n) is 5.15. The highest BCUT2D eigenvalue weighted by atomic mass is 35.5. The molecule has 1 heterocycles. The number of aromatic carboxylic acids is 1. The first-order valence-corrected chi connectivity index (χ1v) is 5.53. The van der Waals surface area contributed by atoms with E-state index < -0.39 is 5.97 Å². The van der Waals surface area contributed by atoms with Gasteiger partial charge >= 0.3 is 5.97 Å². The number of hydrogen-bond acceptors (Lipinski definition) is 3. The minimum atomic E-state index is -1.01. The van der Waals surface area contributed by atoms with E-state index in [2.05, 4.69) is 4.98 Å². The second-order valence-corrected chi connectivity index (χ2v) is 3.96. The van der Waals surface area contributed by atoms with Crippen molar-refractivity contribution in [2.45, 2.75) is 0 Å². The van der Waals surface area contributed by atoms with Gasteiger partial charge in [-0.1, -0.05) is 11.6 Å². The van der Waals surface area contributed by atoms with Gasteiger partial charge < -0.3 is 9.84 Å². The van der Waals surface area contributed by atoms with Crippen LogP contribution in [0.2, 0.25) is 5.02 Å². The molecule has 0 aliphatic rings. The summed E-state index contributed by atoms with van der Waals surface area (Å²) in [6.45, 7) is 0. The van der Waals surface area contributed by atoms with Gasteiger partial charge in [-0.05, 0) is 30.3 Å². The van der Waals surface area contributed by atoms with Gasteiger partial charge in [-0.3, -0.25) is 4.98 Å². The molecule has 1 aromatic heterocycles. The van der Waals surface area contributed by atoms with E-state index >= 15 is 0 Å². The maximum Gasteiger partial charge on any atom is 0.335 e. The molecule has 92 valence electrons. The summed E-state index contributed by atoms with van der Waals surface area (Å²) in [6.07, 6.45) is 1.60. The molecule has 2 aromatic rings. The zero-order valence-corrected chi connectivity index (χ0v) is 10.3. The predicted octanol–water partition coefficient (Wildman–Crippen LogP) is 3.11. The maximum atomic E-state index is 11.0. The monoisotopic (exact) mass is 263 g/mol. The van der Waals surface area contributed by atoms with Crippen LogP contribution in [0.25, 0.3) is 11.3 Å². The zero-order valence-electron chi connectivity index (χ0n) is 9.55. The highest BCUT2D eigenvalue weighted by Gasteiger charge is 2.13. The summed E-state index contributed by atoms with van der Waals surface area (Å²) >= 11 is 6.08. The van der Waals surface area contributed by atoms with Crippen LogP contribution in [0.4, 0.5) is 0 Å². The van der Waals surface area contributed by atoms with Gasteiger partial charge in [0.25, 0.3) is 0 Å². The third-order valence-electron chi connectivity index (χ3n) is 2.46. The van der Waals surface area contributed by atoms with Gasteiger partial charge in [0.1, 0.15) is 11.4 Å². The lowest BCUT2D eigenvalue weighted by Gasteiger charge is -2.09. The van der Waals surface area contributed by atoms with Crippen LogP contribution in [-0.2, 0) is 0 Å². The molecule has 0 fully saturated rings. The Morgan fingerprint density at radius 3 is 2.83 bits per heavy atom. The number of carbonyl (C=O) groups is 1. The normalized spacial score (nSPS) is 10.1. The van der Waals surface area contributed by atoms with Crippen LogP contribution in [0.3, 0.4) is 0 Å². The zero-order chi connectivity index (χ0) is 13.1. The second kappa shape index (κ2) is 5.06. The fourth-order valence-electron chi connectivity index (χ4n) is 1.60. The van der Waals surface area contributed by atoms with E-state index in [0.717, 1.165) is 0 Å². The summed E-state index contributed by atoms with van der Waals surface area (Å²) < 4.78 is 5.19. The Morgan fingerprint density at radius 2 is 2.17 bits per heavy atom. The van der Waals surface area contributed by atoms with Crippen LogP contribution in [0.15, 0.2) is 36.5 Å². The third kappa shape index (κ3) is 2.28. The van der Waals surface area contributed by atoms with E-state index in [4.69, 9.17) is 21.4 Å². The number of methoxy groups -OCH3 is 1. The average Bonchev–Trinajstić information content (AvgIpc) is 2.39. The summed E-state index contributed by atoms with van der Waals surface area (Å²) in [5, 5.41) is 9.41. The van der Waals surface area contributed by atoms with E-state index in [1.807, 2.05) is 0 Å². The number of carboxylic acid groups (broad SMARTS) is 1. The highest BCUT2D eigenvalue weighted by molar-refractivity contribution is 6.33. The van der Waals surface area contributed by atoms with Gasteiger partial charge in [0.15, 0.2) is 0 Å². The minimum Gasteiger partial charge on any atom is -0.494 e. The molecular weight excluding hydrogens is 254 g/mol. The second-order valence-electron chi connectivity index (χ2n) is 3.55. The Morgan fingerprint density at radius 1 is 1.39 bits per heavy atom. The van der Waals surface area contributed by atoms with Crippen LogP contribution < -0.4 is 4.74 Å². The van der Waals surface area contributed by atoms with E-state index in [1.165, 1.54) is 25.3 Å². The Bertz CT molecular complexity index is 599. The first-order chi connectivity index (χ1) is 8.63. The van der Waals surface area contributed by atoms with Crippen molar-refractivity contribution in [2.75, 3.05) is 7.11 Å². The molecule has 1 N–H and O–H groups in total. The van der Waals surface area contributed by atoms with E-state index in [-0.39, 0.29) is 5.56 Å². The number of ether oxygens (including phenoxy) is 1. The molecule has 0 radical (unpaired) electrons. The maximum absolute atomic E-state index is 11.0. The lowest BCUT2D eigenvalue weighted by atomic mass is 10.1.